The zero-order valence-electron chi connectivity index (χ0n) is 14.2. The van der Waals surface area contributed by atoms with Crippen LogP contribution < -0.4 is 9.74 Å². The molecule has 1 aromatic rings. The van der Waals surface area contributed by atoms with Crippen molar-refractivity contribution in [2.24, 2.45) is 0 Å². The van der Waals surface area contributed by atoms with Gasteiger partial charge in [-0.2, -0.15) is 0 Å². The Morgan fingerprint density at radius 2 is 1.83 bits per heavy atom. The Kier molecular flexibility index (Phi) is 8.39. The van der Waals surface area contributed by atoms with Gasteiger partial charge in [-0.25, -0.2) is 4.79 Å². The highest BCUT2D eigenvalue weighted by molar-refractivity contribution is 6.32. The number of rotatable bonds is 6. The predicted octanol–water partition coefficient (Wildman–Crippen LogP) is 2.71. The molecular formula is C17H27NO5Si. The molecule has 0 aromatic heterocycles. The molecule has 0 atom stereocenters. The van der Waals surface area contributed by atoms with Gasteiger partial charge in [0, 0.05) is 0 Å². The number of amides is 1. The normalized spacial score (nSPS) is 10.9. The lowest BCUT2D eigenvalue weighted by molar-refractivity contribution is -0.124. The van der Waals surface area contributed by atoms with E-state index >= 15 is 0 Å². The van der Waals surface area contributed by atoms with Crippen LogP contribution in [0.15, 0.2) is 18.2 Å². The fourth-order valence-corrected chi connectivity index (χ4v) is 2.50. The van der Waals surface area contributed by atoms with Gasteiger partial charge in [0.05, 0.1) is 24.8 Å². The number of benzene rings is 1. The summed E-state index contributed by atoms with van der Waals surface area (Å²) in [7, 11) is 0.436. The van der Waals surface area contributed by atoms with Gasteiger partial charge in [-0.1, -0.05) is 28.2 Å². The summed E-state index contributed by atoms with van der Waals surface area (Å²) in [5.41, 5.74) is 0.498. The maximum absolute atomic E-state index is 11.9. The average molecular weight is 353 g/mol. The molecule has 134 valence electrons. The van der Waals surface area contributed by atoms with Gasteiger partial charge in [-0.05, 0) is 30.2 Å². The van der Waals surface area contributed by atoms with Gasteiger partial charge in [0.15, 0.2) is 0 Å². The van der Waals surface area contributed by atoms with Crippen molar-refractivity contribution in [3.8, 4) is 5.75 Å². The highest BCUT2D eigenvalue weighted by Gasteiger charge is 2.18. The number of methoxy groups -OCH3 is 1. The van der Waals surface area contributed by atoms with Gasteiger partial charge in [-0.15, -0.1) is 0 Å². The lowest BCUT2D eigenvalue weighted by atomic mass is 10.1. The zero-order valence-corrected chi connectivity index (χ0v) is 15.6. The van der Waals surface area contributed by atoms with Crippen LogP contribution in [-0.2, 0) is 14.3 Å². The van der Waals surface area contributed by atoms with Gasteiger partial charge < -0.3 is 14.5 Å². The molecule has 1 N–H and O–H groups in total. The SMILES string of the molecule is C.COC(=O)c1cc(O[SiH2]C(C)(C)C)ccc1NC(=O)CC(C)=O. The molecule has 0 fully saturated rings. The van der Waals surface area contributed by atoms with E-state index in [0.717, 1.165) is 0 Å². The highest BCUT2D eigenvalue weighted by Crippen LogP contribution is 2.26. The van der Waals surface area contributed by atoms with Crippen LogP contribution in [0.5, 0.6) is 5.75 Å². The number of anilines is 1. The van der Waals surface area contributed by atoms with Crippen molar-refractivity contribution in [1.29, 1.82) is 0 Å². The predicted molar refractivity (Wildman–Crippen MR) is 97.3 cm³/mol. The zero-order chi connectivity index (χ0) is 17.6. The topological polar surface area (TPSA) is 81.7 Å². The molecule has 6 nitrogen and oxygen atoms in total. The summed E-state index contributed by atoms with van der Waals surface area (Å²) in [5, 5.41) is 2.66. The van der Waals surface area contributed by atoms with E-state index in [2.05, 4.69) is 26.1 Å². The molecule has 0 aliphatic heterocycles. The molecule has 1 rings (SSSR count). The molecular weight excluding hydrogens is 326 g/mol. The van der Waals surface area contributed by atoms with E-state index in [-0.39, 0.29) is 30.2 Å². The molecule has 0 unspecified atom stereocenters. The number of esters is 1. The average Bonchev–Trinajstić information content (AvgIpc) is 2.43. The molecule has 0 saturated carbocycles. The van der Waals surface area contributed by atoms with Gasteiger partial charge in [-0.3, -0.25) is 9.59 Å². The van der Waals surface area contributed by atoms with E-state index in [4.69, 9.17) is 9.16 Å². The number of hydrogen-bond acceptors (Lipinski definition) is 5. The van der Waals surface area contributed by atoms with Crippen LogP contribution in [0, 0.1) is 0 Å². The number of nitrogens with one attached hydrogen (secondary N) is 1. The van der Waals surface area contributed by atoms with E-state index in [9.17, 15) is 14.4 Å². The summed E-state index contributed by atoms with van der Waals surface area (Å²) in [4.78, 5) is 34.6. The van der Waals surface area contributed by atoms with Crippen LogP contribution in [0.1, 0.15) is 51.9 Å². The van der Waals surface area contributed by atoms with Crippen LogP contribution in [-0.4, -0.2) is 34.5 Å². The molecule has 0 bridgehead atoms. The number of carbonyl (C=O) groups is 3. The second-order valence-electron chi connectivity index (χ2n) is 6.48. The van der Waals surface area contributed by atoms with Crippen molar-refractivity contribution in [1.82, 2.24) is 0 Å². The third-order valence-corrected chi connectivity index (χ3v) is 4.10. The van der Waals surface area contributed by atoms with Gasteiger partial charge in [0.1, 0.15) is 11.5 Å². The van der Waals surface area contributed by atoms with Gasteiger partial charge >= 0.3 is 5.97 Å². The van der Waals surface area contributed by atoms with Gasteiger partial charge in [0.25, 0.3) is 0 Å². The van der Waals surface area contributed by atoms with Crippen LogP contribution in [0.2, 0.25) is 5.04 Å². The smallest absolute Gasteiger partial charge is 0.340 e. The molecule has 0 aliphatic rings. The van der Waals surface area contributed by atoms with Crippen LogP contribution >= 0.6 is 0 Å². The summed E-state index contributed by atoms with van der Waals surface area (Å²) in [5.74, 6) is -0.735. The summed E-state index contributed by atoms with van der Waals surface area (Å²) in [6.45, 7) is 7.61. The van der Waals surface area contributed by atoms with Crippen molar-refractivity contribution in [3.63, 3.8) is 0 Å². The molecule has 0 heterocycles. The molecule has 0 radical (unpaired) electrons. The molecule has 0 saturated heterocycles. The maximum atomic E-state index is 11.9. The summed E-state index contributed by atoms with van der Waals surface area (Å²) in [6.07, 6.45) is -0.240. The Morgan fingerprint density at radius 1 is 1.21 bits per heavy atom. The number of Topliss-reactive ketones (excluding diaryl/α,β-unsaturated/α-hetero) is 1. The van der Waals surface area contributed by atoms with Crippen LogP contribution in [0.3, 0.4) is 0 Å². The van der Waals surface area contributed by atoms with E-state index in [1.807, 2.05) is 0 Å². The third kappa shape index (κ3) is 7.41. The lowest BCUT2D eigenvalue weighted by Gasteiger charge is -2.19. The van der Waals surface area contributed by atoms with E-state index in [1.165, 1.54) is 14.0 Å². The molecule has 1 aromatic carbocycles. The Balaban J connectivity index is 0.00000529. The van der Waals surface area contributed by atoms with E-state index < -0.39 is 21.6 Å². The van der Waals surface area contributed by atoms with Crippen LogP contribution in [0.4, 0.5) is 5.69 Å². The first-order valence-corrected chi connectivity index (χ1v) is 8.55. The van der Waals surface area contributed by atoms with Crippen molar-refractivity contribution >= 4 is 33.1 Å². The monoisotopic (exact) mass is 353 g/mol. The standard InChI is InChI=1S/C16H23NO5Si.CH4/c1-10(18)8-14(19)17-13-7-6-11(22-23-16(2,3)4)9-12(13)15(20)21-5;/h6-7,9H,8,23H2,1-5H3,(H,17,19);1H4. The first-order valence-electron chi connectivity index (χ1n) is 7.27. The van der Waals surface area contributed by atoms with Crippen LogP contribution in [0.25, 0.3) is 0 Å². The summed E-state index contributed by atoms with van der Waals surface area (Å²) in [6, 6.07) is 4.82. The second kappa shape index (κ2) is 9.22. The summed E-state index contributed by atoms with van der Waals surface area (Å²) < 4.78 is 10.5. The fourth-order valence-electron chi connectivity index (χ4n) is 1.72. The molecule has 0 aliphatic carbocycles. The quantitative estimate of drug-likeness (QED) is 0.483. The Labute approximate surface area is 145 Å². The number of carbonyl (C=O) groups excluding carboxylic acids is 3. The Morgan fingerprint density at radius 3 is 2.33 bits per heavy atom. The highest BCUT2D eigenvalue weighted by atomic mass is 28.2. The molecule has 24 heavy (non-hydrogen) atoms. The number of ketones is 1. The van der Waals surface area contributed by atoms with Crippen molar-refractivity contribution < 1.29 is 23.5 Å². The largest absolute Gasteiger partial charge is 0.549 e. The second-order valence-corrected chi connectivity index (χ2v) is 9.17. The van der Waals surface area contributed by atoms with E-state index in [0.29, 0.717) is 11.4 Å². The minimum atomic E-state index is -0.829. The first kappa shape index (κ1) is 21.8. The molecule has 7 heteroatoms. The third-order valence-electron chi connectivity index (χ3n) is 2.75. The van der Waals surface area contributed by atoms with Crippen molar-refractivity contribution in [3.05, 3.63) is 23.8 Å². The molecule has 0 spiro atoms. The van der Waals surface area contributed by atoms with Gasteiger partial charge in [0.2, 0.25) is 15.7 Å². The fraction of sp³-hybridized carbons (Fsp3) is 0.471. The van der Waals surface area contributed by atoms with Crippen molar-refractivity contribution in [2.75, 3.05) is 12.4 Å². The first-order chi connectivity index (χ1) is 10.6. The minimum absolute atomic E-state index is 0. The Hall–Kier alpha value is -2.15. The minimum Gasteiger partial charge on any atom is -0.549 e. The Bertz CT molecular complexity index is 607. The van der Waals surface area contributed by atoms with E-state index in [1.54, 1.807) is 18.2 Å². The van der Waals surface area contributed by atoms with Crippen molar-refractivity contribution in [2.45, 2.75) is 46.6 Å². The lowest BCUT2D eigenvalue weighted by Crippen LogP contribution is -2.18. The summed E-state index contributed by atoms with van der Waals surface area (Å²) >= 11 is 0. The molecule has 1 amide bonds. The number of hydrogen-bond donors (Lipinski definition) is 1. The maximum Gasteiger partial charge on any atom is 0.340 e. The number of ether oxygens (including phenoxy) is 1.